The Bertz CT molecular complexity index is 1240. The number of nitrogens with two attached hydrogens (primary N) is 1. The first kappa shape index (κ1) is 32.8. The molecule has 7 nitrogen and oxygen atoms in total. The first-order chi connectivity index (χ1) is 18.7. The number of rotatable bonds is 6. The second kappa shape index (κ2) is 14.3. The van der Waals surface area contributed by atoms with E-state index in [2.05, 4.69) is 5.32 Å². The highest BCUT2D eigenvalue weighted by atomic mass is 35.5. The van der Waals surface area contributed by atoms with Crippen molar-refractivity contribution in [3.8, 4) is 0 Å². The zero-order valence-corrected chi connectivity index (χ0v) is 24.0. The van der Waals surface area contributed by atoms with Crippen LogP contribution < -0.4 is 11.1 Å². The number of benzene rings is 2. The number of aliphatic imine (C=N–C) groups is 1. The number of carbonyl (C=O) groups is 1. The van der Waals surface area contributed by atoms with Gasteiger partial charge in [-0.25, -0.2) is 4.79 Å². The van der Waals surface area contributed by atoms with Crippen LogP contribution in [0.25, 0.3) is 0 Å². The number of amides is 2. The van der Waals surface area contributed by atoms with Crippen LogP contribution in [0.1, 0.15) is 57.6 Å². The molecule has 1 saturated carbocycles. The molecule has 11 heteroatoms. The topological polar surface area (TPSA) is 115 Å². The lowest BCUT2D eigenvalue weighted by Gasteiger charge is -2.32. The van der Waals surface area contributed by atoms with E-state index in [4.69, 9.17) is 27.7 Å². The van der Waals surface area contributed by atoms with Crippen LogP contribution in [-0.2, 0) is 0 Å². The van der Waals surface area contributed by atoms with Crippen molar-refractivity contribution in [1.82, 2.24) is 10.2 Å². The molecule has 1 aliphatic carbocycles. The summed E-state index contributed by atoms with van der Waals surface area (Å²) in [5.74, 6) is -0.398. The summed E-state index contributed by atoms with van der Waals surface area (Å²) in [7, 11) is 0. The van der Waals surface area contributed by atoms with Crippen LogP contribution in [0, 0.1) is 12.3 Å². The van der Waals surface area contributed by atoms with Crippen LogP contribution in [0.15, 0.2) is 64.8 Å². The summed E-state index contributed by atoms with van der Waals surface area (Å²) < 4.78 is 38.9. The monoisotopic (exact) mass is 579 g/mol. The number of hydrogen-bond acceptors (Lipinski definition) is 5. The molecular weight excluding hydrogens is 543 g/mol. The Morgan fingerprint density at radius 3 is 2.48 bits per heavy atom. The van der Waals surface area contributed by atoms with E-state index in [-0.39, 0.29) is 24.2 Å². The molecule has 0 heterocycles. The molecule has 3 rings (SSSR count). The minimum absolute atomic E-state index is 0.167. The van der Waals surface area contributed by atoms with Gasteiger partial charge in [-0.3, -0.25) is 15.3 Å². The van der Waals surface area contributed by atoms with Crippen molar-refractivity contribution in [2.75, 3.05) is 13.1 Å². The third kappa shape index (κ3) is 9.98. The van der Waals surface area contributed by atoms with Crippen molar-refractivity contribution in [3.63, 3.8) is 0 Å². The largest absolute Gasteiger partial charge is 0.400 e. The van der Waals surface area contributed by atoms with Crippen LogP contribution in [0.4, 0.5) is 23.7 Å². The molecule has 1 atom stereocenters. The van der Waals surface area contributed by atoms with Gasteiger partial charge in [0.2, 0.25) is 0 Å². The summed E-state index contributed by atoms with van der Waals surface area (Å²) in [6.07, 6.45) is -4.69. The highest BCUT2D eigenvalue weighted by Crippen LogP contribution is 2.32. The van der Waals surface area contributed by atoms with E-state index in [1.807, 2.05) is 45.0 Å². The third-order valence-corrected chi connectivity index (χ3v) is 6.40. The molecule has 0 aromatic heterocycles. The molecule has 2 aromatic rings. The quantitative estimate of drug-likeness (QED) is 0.221. The molecule has 1 fully saturated rings. The fourth-order valence-electron chi connectivity index (χ4n) is 4.09. The summed E-state index contributed by atoms with van der Waals surface area (Å²) in [6, 6.07) is 12.5. The van der Waals surface area contributed by atoms with Crippen molar-refractivity contribution in [1.29, 1.82) is 5.41 Å². The smallest absolute Gasteiger partial charge is 0.390 e. The van der Waals surface area contributed by atoms with E-state index in [0.717, 1.165) is 10.5 Å². The highest BCUT2D eigenvalue weighted by Gasteiger charge is 2.33. The molecule has 0 spiro atoms. The van der Waals surface area contributed by atoms with Gasteiger partial charge >= 0.3 is 12.2 Å². The van der Waals surface area contributed by atoms with Crippen molar-refractivity contribution in [3.05, 3.63) is 76.0 Å². The summed E-state index contributed by atoms with van der Waals surface area (Å²) in [5.41, 5.74) is 8.86. The summed E-state index contributed by atoms with van der Waals surface area (Å²) in [4.78, 5) is 18.4. The van der Waals surface area contributed by atoms with Gasteiger partial charge in [-0.15, -0.1) is 0 Å². The maximum Gasteiger partial charge on any atom is 0.390 e. The summed E-state index contributed by atoms with van der Waals surface area (Å²) >= 11 is 5.87. The fraction of sp³-hybridized carbons (Fsp3) is 0.414. The molecule has 0 bridgehead atoms. The normalized spacial score (nSPS) is 19.4. The van der Waals surface area contributed by atoms with Gasteiger partial charge in [0.1, 0.15) is 5.84 Å². The van der Waals surface area contributed by atoms with Gasteiger partial charge in [0.25, 0.3) is 0 Å². The van der Waals surface area contributed by atoms with Gasteiger partial charge in [-0.1, -0.05) is 37.6 Å². The van der Waals surface area contributed by atoms with Crippen LogP contribution >= 0.6 is 11.6 Å². The van der Waals surface area contributed by atoms with E-state index >= 15 is 0 Å². The molecule has 40 heavy (non-hydrogen) atoms. The maximum absolute atomic E-state index is 13.0. The van der Waals surface area contributed by atoms with Gasteiger partial charge in [0.05, 0.1) is 24.3 Å². The standard InChI is InChI=1S/C27H31ClF3N5O2.C2H6/c1-17-4-3-5-20(14-17)35-23-15-26(2,38)11-10-21(23)22(32)16-34-25(37)36(13-12-27(29,30)31)24(33)18-6-8-19(28)9-7-18;1-2/h3-9,14,33,38H,10-13,15-16,32H2,1-2H3,(H,34,37);1-2H3/b22-21-,33-24?,35-23?;. The molecule has 0 radical (unpaired) electrons. The first-order valence-corrected chi connectivity index (χ1v) is 13.4. The van der Waals surface area contributed by atoms with Crippen molar-refractivity contribution in [2.24, 2.45) is 10.7 Å². The SMILES string of the molecule is CC.Cc1cccc(N=C2CC(C)(O)CC/C2=C(/N)CNC(=O)N(CCC(F)(F)F)C(=N)c2ccc(Cl)cc2)c1. The summed E-state index contributed by atoms with van der Waals surface area (Å²) in [5, 5.41) is 21.9. The van der Waals surface area contributed by atoms with E-state index in [0.29, 0.717) is 34.8 Å². The average molecular weight is 580 g/mol. The second-order valence-corrected chi connectivity index (χ2v) is 10.0. The lowest BCUT2D eigenvalue weighted by atomic mass is 9.81. The number of carbonyl (C=O) groups excluding carboxylic acids is 1. The molecule has 2 amide bonds. The Morgan fingerprint density at radius 2 is 1.88 bits per heavy atom. The highest BCUT2D eigenvalue weighted by molar-refractivity contribution is 6.30. The zero-order valence-electron chi connectivity index (χ0n) is 23.2. The molecule has 218 valence electrons. The number of halogens is 4. The predicted molar refractivity (Wildman–Crippen MR) is 154 cm³/mol. The van der Waals surface area contributed by atoms with Gasteiger partial charge < -0.3 is 16.2 Å². The van der Waals surface area contributed by atoms with Crippen LogP contribution in [0.2, 0.25) is 5.02 Å². The second-order valence-electron chi connectivity index (χ2n) is 9.61. The van der Waals surface area contributed by atoms with Crippen molar-refractivity contribution < 1.29 is 23.1 Å². The van der Waals surface area contributed by atoms with E-state index < -0.39 is 36.6 Å². The Hall–Kier alpha value is -3.37. The minimum atomic E-state index is -4.51. The molecule has 1 unspecified atom stereocenters. The molecule has 1 aliphatic rings. The number of amidine groups is 1. The van der Waals surface area contributed by atoms with Gasteiger partial charge in [0.15, 0.2) is 0 Å². The van der Waals surface area contributed by atoms with E-state index in [9.17, 15) is 23.1 Å². The zero-order chi connectivity index (χ0) is 30.1. The predicted octanol–water partition coefficient (Wildman–Crippen LogP) is 6.88. The van der Waals surface area contributed by atoms with E-state index in [1.165, 1.54) is 24.3 Å². The number of urea groups is 1. The van der Waals surface area contributed by atoms with Gasteiger partial charge in [-0.2, -0.15) is 13.2 Å². The fourth-order valence-corrected chi connectivity index (χ4v) is 4.22. The van der Waals surface area contributed by atoms with E-state index in [1.54, 1.807) is 6.92 Å². The molecule has 0 aliphatic heterocycles. The lowest BCUT2D eigenvalue weighted by molar-refractivity contribution is -0.135. The van der Waals surface area contributed by atoms with Crippen LogP contribution in [0.3, 0.4) is 0 Å². The number of allylic oxidation sites excluding steroid dienone is 1. The Morgan fingerprint density at radius 1 is 1.23 bits per heavy atom. The molecule has 0 saturated heterocycles. The molecule has 5 N–H and O–H groups in total. The third-order valence-electron chi connectivity index (χ3n) is 6.15. The Balaban J connectivity index is 0.00000274. The number of alkyl halides is 3. The van der Waals surface area contributed by atoms with Crippen LogP contribution in [-0.4, -0.2) is 52.5 Å². The minimum Gasteiger partial charge on any atom is -0.400 e. The number of hydrogen-bond donors (Lipinski definition) is 4. The number of nitrogens with one attached hydrogen (secondary N) is 2. The number of nitrogens with zero attached hydrogens (tertiary/aromatic N) is 2. The Kier molecular flexibility index (Phi) is 11.8. The number of aliphatic hydroxyl groups is 1. The van der Waals surface area contributed by atoms with Crippen LogP contribution in [0.5, 0.6) is 0 Å². The van der Waals surface area contributed by atoms with Crippen molar-refractivity contribution >= 4 is 34.9 Å². The maximum atomic E-state index is 13.0. The lowest BCUT2D eigenvalue weighted by Crippen LogP contribution is -2.46. The van der Waals surface area contributed by atoms with Gasteiger partial charge in [0, 0.05) is 35.0 Å². The average Bonchev–Trinajstić information content (AvgIpc) is 2.88. The van der Waals surface area contributed by atoms with Crippen molar-refractivity contribution in [2.45, 2.75) is 65.2 Å². The molecule has 2 aromatic carbocycles. The Labute approximate surface area is 238 Å². The van der Waals surface area contributed by atoms with Gasteiger partial charge in [-0.05, 0) is 74.2 Å². The first-order valence-electron chi connectivity index (χ1n) is 13.1. The number of aryl methyl sites for hydroxylation is 1. The summed E-state index contributed by atoms with van der Waals surface area (Å²) in [6.45, 7) is 6.75. The molecular formula is C29H37ClF3N5O2.